The Morgan fingerprint density at radius 2 is 2.00 bits per heavy atom. The van der Waals surface area contributed by atoms with Gasteiger partial charge in [-0.2, -0.15) is 0 Å². The fourth-order valence-electron chi connectivity index (χ4n) is 2.58. The Bertz CT molecular complexity index is 1030. The number of benzene rings is 2. The van der Waals surface area contributed by atoms with E-state index in [-0.39, 0.29) is 35.6 Å². The zero-order valence-electron chi connectivity index (χ0n) is 16.1. The molecule has 0 radical (unpaired) electrons. The first-order valence-electron chi connectivity index (χ1n) is 8.85. The van der Waals surface area contributed by atoms with Crippen molar-refractivity contribution in [2.24, 2.45) is 4.99 Å². The summed E-state index contributed by atoms with van der Waals surface area (Å²) >= 11 is 8.49. The van der Waals surface area contributed by atoms with Gasteiger partial charge >= 0.3 is 11.9 Å². The average Bonchev–Trinajstić information content (AvgIpc) is 3.07. The molecular formula is C21H17ClINO6. The van der Waals surface area contributed by atoms with Gasteiger partial charge in [0, 0.05) is 9.13 Å². The Kier molecular flexibility index (Phi) is 7.33. The Hall–Kier alpha value is -2.59. The van der Waals surface area contributed by atoms with Gasteiger partial charge in [0.2, 0.25) is 5.90 Å². The second-order valence-electron chi connectivity index (χ2n) is 5.97. The standard InChI is InChI=1S/C21H17ClINO6/c1-3-28-18(25)11-29-19-15(22)8-12(10-17(19)27-2)9-16-21(26)30-20(24-16)13-4-6-14(23)7-5-13/h4-10H,3,11H2,1-2H3/b16-9-. The molecule has 7 nitrogen and oxygen atoms in total. The largest absolute Gasteiger partial charge is 0.493 e. The predicted octanol–water partition coefficient (Wildman–Crippen LogP) is 4.24. The molecule has 1 heterocycles. The average molecular weight is 542 g/mol. The monoisotopic (exact) mass is 541 g/mol. The lowest BCUT2D eigenvalue weighted by Gasteiger charge is -2.12. The van der Waals surface area contributed by atoms with Crippen molar-refractivity contribution in [3.63, 3.8) is 0 Å². The second kappa shape index (κ2) is 9.94. The Labute approximate surface area is 191 Å². The van der Waals surface area contributed by atoms with Gasteiger partial charge in [-0.05, 0) is 77.6 Å². The van der Waals surface area contributed by atoms with Gasteiger partial charge in [0.15, 0.2) is 23.8 Å². The molecule has 9 heteroatoms. The molecule has 0 fully saturated rings. The van der Waals surface area contributed by atoms with E-state index in [9.17, 15) is 9.59 Å². The smallest absolute Gasteiger partial charge is 0.363 e. The van der Waals surface area contributed by atoms with Crippen LogP contribution in [0.3, 0.4) is 0 Å². The fourth-order valence-corrected chi connectivity index (χ4v) is 3.21. The maximum Gasteiger partial charge on any atom is 0.363 e. The molecule has 0 unspecified atom stereocenters. The number of ether oxygens (including phenoxy) is 4. The van der Waals surface area contributed by atoms with Crippen LogP contribution >= 0.6 is 34.2 Å². The van der Waals surface area contributed by atoms with Crippen molar-refractivity contribution in [2.75, 3.05) is 20.3 Å². The lowest BCUT2D eigenvalue weighted by molar-refractivity contribution is -0.145. The minimum Gasteiger partial charge on any atom is -0.493 e. The molecule has 2 aromatic carbocycles. The number of hydrogen-bond donors (Lipinski definition) is 0. The van der Waals surface area contributed by atoms with Gasteiger partial charge in [0.25, 0.3) is 0 Å². The third-order valence-corrected chi connectivity index (χ3v) is 4.91. The first-order chi connectivity index (χ1) is 14.4. The molecule has 30 heavy (non-hydrogen) atoms. The highest BCUT2D eigenvalue weighted by Gasteiger charge is 2.24. The molecule has 2 aromatic rings. The molecule has 0 saturated heterocycles. The van der Waals surface area contributed by atoms with Crippen LogP contribution < -0.4 is 9.47 Å². The van der Waals surface area contributed by atoms with E-state index in [1.807, 2.05) is 24.3 Å². The molecule has 1 aliphatic rings. The quantitative estimate of drug-likeness (QED) is 0.296. The number of carbonyl (C=O) groups excluding carboxylic acids is 2. The molecule has 0 spiro atoms. The van der Waals surface area contributed by atoms with Crippen LogP contribution in [0.1, 0.15) is 18.1 Å². The molecule has 0 atom stereocenters. The van der Waals surface area contributed by atoms with Crippen molar-refractivity contribution >= 4 is 58.1 Å². The van der Waals surface area contributed by atoms with Crippen molar-refractivity contribution in [3.05, 3.63) is 61.8 Å². The number of rotatable bonds is 7. The number of esters is 2. The molecule has 1 aliphatic heterocycles. The Morgan fingerprint density at radius 1 is 1.27 bits per heavy atom. The topological polar surface area (TPSA) is 83.4 Å². The van der Waals surface area contributed by atoms with Gasteiger partial charge in [-0.1, -0.05) is 11.6 Å². The summed E-state index contributed by atoms with van der Waals surface area (Å²) in [7, 11) is 1.44. The minimum atomic E-state index is -0.568. The third-order valence-electron chi connectivity index (χ3n) is 3.91. The Balaban J connectivity index is 1.85. The molecule has 0 saturated carbocycles. The zero-order chi connectivity index (χ0) is 21.7. The lowest BCUT2D eigenvalue weighted by Crippen LogP contribution is -2.15. The predicted molar refractivity (Wildman–Crippen MR) is 120 cm³/mol. The van der Waals surface area contributed by atoms with E-state index in [1.54, 1.807) is 19.1 Å². The van der Waals surface area contributed by atoms with Crippen LogP contribution in [-0.4, -0.2) is 38.2 Å². The highest BCUT2D eigenvalue weighted by molar-refractivity contribution is 14.1. The van der Waals surface area contributed by atoms with Crippen LogP contribution in [0.5, 0.6) is 11.5 Å². The van der Waals surface area contributed by atoms with Crippen LogP contribution in [0.15, 0.2) is 47.1 Å². The number of hydrogen-bond acceptors (Lipinski definition) is 7. The number of halogens is 2. The first kappa shape index (κ1) is 22.1. The van der Waals surface area contributed by atoms with Crippen LogP contribution in [0.25, 0.3) is 6.08 Å². The number of nitrogens with zero attached hydrogens (tertiary/aromatic N) is 1. The van der Waals surface area contributed by atoms with Gasteiger partial charge in [-0.15, -0.1) is 0 Å². The van der Waals surface area contributed by atoms with Crippen LogP contribution in [0, 0.1) is 3.57 Å². The number of cyclic esters (lactones) is 1. The zero-order valence-corrected chi connectivity index (χ0v) is 19.0. The molecule has 0 amide bonds. The van der Waals surface area contributed by atoms with E-state index in [4.69, 9.17) is 30.5 Å². The van der Waals surface area contributed by atoms with Crippen LogP contribution in [-0.2, 0) is 19.1 Å². The summed E-state index contributed by atoms with van der Waals surface area (Å²) in [5.74, 6) is -0.359. The molecule has 0 bridgehead atoms. The van der Waals surface area contributed by atoms with Crippen molar-refractivity contribution in [1.82, 2.24) is 0 Å². The maximum atomic E-state index is 12.2. The highest BCUT2D eigenvalue weighted by Crippen LogP contribution is 2.37. The lowest BCUT2D eigenvalue weighted by atomic mass is 10.1. The van der Waals surface area contributed by atoms with Crippen molar-refractivity contribution in [1.29, 1.82) is 0 Å². The summed E-state index contributed by atoms with van der Waals surface area (Å²) in [6, 6.07) is 10.6. The van der Waals surface area contributed by atoms with Crippen LogP contribution in [0.4, 0.5) is 0 Å². The maximum absolute atomic E-state index is 12.2. The van der Waals surface area contributed by atoms with Crippen LogP contribution in [0.2, 0.25) is 5.02 Å². The third kappa shape index (κ3) is 5.31. The molecule has 3 rings (SSSR count). The van der Waals surface area contributed by atoms with E-state index in [2.05, 4.69) is 27.6 Å². The van der Waals surface area contributed by atoms with Crippen molar-refractivity contribution in [2.45, 2.75) is 6.92 Å². The Morgan fingerprint density at radius 3 is 2.67 bits per heavy atom. The normalized spacial score (nSPS) is 14.3. The summed E-state index contributed by atoms with van der Waals surface area (Å²) in [5.41, 5.74) is 1.38. The summed E-state index contributed by atoms with van der Waals surface area (Å²) in [6.45, 7) is 1.65. The van der Waals surface area contributed by atoms with Gasteiger partial charge < -0.3 is 18.9 Å². The van der Waals surface area contributed by atoms with Crippen molar-refractivity contribution in [3.8, 4) is 11.5 Å². The van der Waals surface area contributed by atoms with E-state index < -0.39 is 11.9 Å². The van der Waals surface area contributed by atoms with E-state index in [0.717, 1.165) is 3.57 Å². The summed E-state index contributed by atoms with van der Waals surface area (Å²) in [6.07, 6.45) is 1.53. The summed E-state index contributed by atoms with van der Waals surface area (Å²) in [4.78, 5) is 28.0. The van der Waals surface area contributed by atoms with E-state index in [0.29, 0.717) is 16.9 Å². The molecular weight excluding hydrogens is 525 g/mol. The van der Waals surface area contributed by atoms with Gasteiger partial charge in [-0.3, -0.25) is 0 Å². The summed E-state index contributed by atoms with van der Waals surface area (Å²) in [5, 5.41) is 0.207. The number of aliphatic imine (C=N–C) groups is 1. The molecule has 0 N–H and O–H groups in total. The number of carbonyl (C=O) groups is 2. The number of methoxy groups -OCH3 is 1. The van der Waals surface area contributed by atoms with Gasteiger partial charge in [0.1, 0.15) is 0 Å². The van der Waals surface area contributed by atoms with Crippen molar-refractivity contribution < 1.29 is 28.5 Å². The van der Waals surface area contributed by atoms with E-state index >= 15 is 0 Å². The highest BCUT2D eigenvalue weighted by atomic mass is 127. The van der Waals surface area contributed by atoms with Gasteiger partial charge in [-0.25, -0.2) is 14.6 Å². The second-order valence-corrected chi connectivity index (χ2v) is 7.62. The molecule has 156 valence electrons. The summed E-state index contributed by atoms with van der Waals surface area (Å²) < 4.78 is 21.9. The molecule has 0 aromatic heterocycles. The first-order valence-corrected chi connectivity index (χ1v) is 10.3. The minimum absolute atomic E-state index is 0.127. The van der Waals surface area contributed by atoms with Gasteiger partial charge in [0.05, 0.1) is 18.7 Å². The fraction of sp³-hybridized carbons (Fsp3) is 0.190. The molecule has 0 aliphatic carbocycles. The van der Waals surface area contributed by atoms with E-state index in [1.165, 1.54) is 13.2 Å². The SMILES string of the molecule is CCOC(=O)COc1c(Cl)cc(/C=C2\N=C(c3ccc(I)cc3)OC2=O)cc1OC.